The number of anilines is 2. The van der Waals surface area contributed by atoms with Gasteiger partial charge in [-0.2, -0.15) is 0 Å². The fourth-order valence-electron chi connectivity index (χ4n) is 1.37. The maximum atomic E-state index is 5.82. The van der Waals surface area contributed by atoms with Gasteiger partial charge < -0.3 is 15.6 Å². The number of pyridine rings is 1. The van der Waals surface area contributed by atoms with Crippen LogP contribution in [0.15, 0.2) is 29.3 Å². The highest BCUT2D eigenvalue weighted by molar-refractivity contribution is 9.10. The van der Waals surface area contributed by atoms with Crippen molar-refractivity contribution in [3.05, 3.63) is 35.1 Å². The van der Waals surface area contributed by atoms with Crippen LogP contribution in [-0.4, -0.2) is 14.5 Å². The number of hydrogen-bond acceptors (Lipinski definition) is 4. The van der Waals surface area contributed by atoms with Gasteiger partial charge in [0.15, 0.2) is 0 Å². The number of nitrogens with zero attached hydrogens (tertiary/aromatic N) is 3. The Morgan fingerprint density at radius 1 is 1.50 bits per heavy atom. The molecule has 6 heteroatoms. The first-order chi connectivity index (χ1) is 7.68. The smallest absolute Gasteiger partial charge is 0.127 e. The van der Waals surface area contributed by atoms with Crippen molar-refractivity contribution in [2.24, 2.45) is 7.05 Å². The van der Waals surface area contributed by atoms with E-state index in [1.54, 1.807) is 18.6 Å². The molecule has 0 fully saturated rings. The lowest BCUT2D eigenvalue weighted by atomic mass is 10.3. The number of nitrogen functional groups attached to an aromatic ring is 1. The summed E-state index contributed by atoms with van der Waals surface area (Å²) in [4.78, 5) is 8.19. The molecular formula is C10H12BrN5. The van der Waals surface area contributed by atoms with Gasteiger partial charge in [-0.1, -0.05) is 0 Å². The average molecular weight is 282 g/mol. The van der Waals surface area contributed by atoms with E-state index in [1.165, 1.54) is 0 Å². The zero-order valence-electron chi connectivity index (χ0n) is 8.81. The van der Waals surface area contributed by atoms with Crippen molar-refractivity contribution in [2.75, 3.05) is 11.1 Å². The monoisotopic (exact) mass is 281 g/mol. The Labute approximate surface area is 102 Å². The Balaban J connectivity index is 2.14. The van der Waals surface area contributed by atoms with Crippen molar-refractivity contribution in [2.45, 2.75) is 6.54 Å². The molecule has 0 saturated carbocycles. The van der Waals surface area contributed by atoms with Crippen molar-refractivity contribution in [1.82, 2.24) is 14.5 Å². The Morgan fingerprint density at radius 3 is 2.94 bits per heavy atom. The minimum absolute atomic E-state index is 0.614. The molecule has 0 spiro atoms. The van der Waals surface area contributed by atoms with Crippen LogP contribution in [0.3, 0.4) is 0 Å². The van der Waals surface area contributed by atoms with E-state index in [0.717, 1.165) is 16.0 Å². The standard InChI is InChI=1S/C10H12BrN5/c1-16-3-2-14-9(16)6-15-10-7(11)4-13-5-8(10)12/h2-5H,6,12H2,1H3,(H,13,15). The Kier molecular flexibility index (Phi) is 3.09. The molecule has 84 valence electrons. The average Bonchev–Trinajstić information content (AvgIpc) is 2.64. The lowest BCUT2D eigenvalue weighted by Crippen LogP contribution is -2.07. The summed E-state index contributed by atoms with van der Waals surface area (Å²) in [6.07, 6.45) is 6.99. The Morgan fingerprint density at radius 2 is 2.31 bits per heavy atom. The van der Waals surface area contributed by atoms with Crippen LogP contribution in [0.4, 0.5) is 11.4 Å². The molecule has 0 aliphatic heterocycles. The lowest BCUT2D eigenvalue weighted by molar-refractivity contribution is 0.812. The summed E-state index contributed by atoms with van der Waals surface area (Å²) < 4.78 is 2.81. The molecule has 2 heterocycles. The van der Waals surface area contributed by atoms with Gasteiger partial charge in [0, 0.05) is 25.6 Å². The fourth-order valence-corrected chi connectivity index (χ4v) is 1.86. The maximum Gasteiger partial charge on any atom is 0.127 e. The number of imidazole rings is 1. The van der Waals surface area contributed by atoms with Crippen molar-refractivity contribution >= 4 is 27.3 Å². The highest BCUT2D eigenvalue weighted by Gasteiger charge is 2.05. The second kappa shape index (κ2) is 4.52. The highest BCUT2D eigenvalue weighted by atomic mass is 79.9. The van der Waals surface area contributed by atoms with Crippen LogP contribution < -0.4 is 11.1 Å². The highest BCUT2D eigenvalue weighted by Crippen LogP contribution is 2.27. The summed E-state index contributed by atoms with van der Waals surface area (Å²) in [5.74, 6) is 0.947. The Hall–Kier alpha value is -1.56. The number of nitrogens with two attached hydrogens (primary N) is 1. The number of nitrogens with one attached hydrogen (secondary N) is 1. The van der Waals surface area contributed by atoms with E-state index in [4.69, 9.17) is 5.73 Å². The van der Waals surface area contributed by atoms with Crippen molar-refractivity contribution in [3.8, 4) is 0 Å². The molecule has 0 atom stereocenters. The minimum Gasteiger partial charge on any atom is -0.396 e. The van der Waals surface area contributed by atoms with E-state index in [2.05, 4.69) is 31.2 Å². The first kappa shape index (κ1) is 10.9. The molecule has 2 aromatic rings. The number of hydrogen-bond donors (Lipinski definition) is 2. The summed E-state index contributed by atoms with van der Waals surface area (Å²) in [5, 5.41) is 3.23. The SMILES string of the molecule is Cn1ccnc1CNc1c(N)cncc1Br. The second-order valence-corrected chi connectivity index (χ2v) is 4.25. The van der Waals surface area contributed by atoms with Gasteiger partial charge in [0.25, 0.3) is 0 Å². The molecule has 0 amide bonds. The molecule has 0 radical (unpaired) electrons. The van der Waals surface area contributed by atoms with Gasteiger partial charge >= 0.3 is 0 Å². The molecule has 0 aromatic carbocycles. The largest absolute Gasteiger partial charge is 0.396 e. The molecule has 2 rings (SSSR count). The van der Waals surface area contributed by atoms with E-state index >= 15 is 0 Å². The molecule has 0 saturated heterocycles. The zero-order valence-corrected chi connectivity index (χ0v) is 10.4. The van der Waals surface area contributed by atoms with Gasteiger partial charge in [0.1, 0.15) is 5.82 Å². The van der Waals surface area contributed by atoms with Crippen LogP contribution in [0.2, 0.25) is 0 Å². The van der Waals surface area contributed by atoms with Crippen molar-refractivity contribution in [1.29, 1.82) is 0 Å². The number of halogens is 1. The van der Waals surface area contributed by atoms with Crippen LogP contribution in [-0.2, 0) is 13.6 Å². The van der Waals surface area contributed by atoms with Crippen LogP contribution in [0.5, 0.6) is 0 Å². The number of rotatable bonds is 3. The summed E-state index contributed by atoms with van der Waals surface area (Å²) in [7, 11) is 1.95. The van der Waals surface area contributed by atoms with Gasteiger partial charge in [-0.15, -0.1) is 0 Å². The predicted octanol–water partition coefficient (Wildman–Crippen LogP) is 1.77. The predicted molar refractivity (Wildman–Crippen MR) is 66.9 cm³/mol. The number of aryl methyl sites for hydroxylation is 1. The van der Waals surface area contributed by atoms with Gasteiger partial charge in [0.05, 0.1) is 28.6 Å². The molecule has 0 bridgehead atoms. The maximum absolute atomic E-state index is 5.82. The van der Waals surface area contributed by atoms with E-state index in [1.807, 2.05) is 17.8 Å². The molecule has 3 N–H and O–H groups in total. The molecule has 16 heavy (non-hydrogen) atoms. The topological polar surface area (TPSA) is 68.8 Å². The zero-order chi connectivity index (χ0) is 11.5. The third-order valence-corrected chi connectivity index (χ3v) is 2.87. The quantitative estimate of drug-likeness (QED) is 0.900. The van der Waals surface area contributed by atoms with Crippen molar-refractivity contribution < 1.29 is 0 Å². The first-order valence-electron chi connectivity index (χ1n) is 4.77. The van der Waals surface area contributed by atoms with Gasteiger partial charge in [-0.25, -0.2) is 4.98 Å². The van der Waals surface area contributed by atoms with Gasteiger partial charge in [-0.3, -0.25) is 4.98 Å². The van der Waals surface area contributed by atoms with E-state index in [9.17, 15) is 0 Å². The summed E-state index contributed by atoms with van der Waals surface area (Å²) >= 11 is 3.40. The van der Waals surface area contributed by atoms with Gasteiger partial charge in [0.2, 0.25) is 0 Å². The second-order valence-electron chi connectivity index (χ2n) is 3.39. The molecule has 0 aliphatic carbocycles. The number of aromatic nitrogens is 3. The molecule has 0 aliphatic rings. The molecular weight excluding hydrogens is 270 g/mol. The third kappa shape index (κ3) is 2.16. The summed E-state index contributed by atoms with van der Waals surface area (Å²) in [6, 6.07) is 0. The van der Waals surface area contributed by atoms with Crippen LogP contribution in [0.1, 0.15) is 5.82 Å². The van der Waals surface area contributed by atoms with E-state index in [0.29, 0.717) is 12.2 Å². The van der Waals surface area contributed by atoms with E-state index < -0.39 is 0 Å². The fraction of sp³-hybridized carbons (Fsp3) is 0.200. The van der Waals surface area contributed by atoms with Gasteiger partial charge in [-0.05, 0) is 15.9 Å². The summed E-state index contributed by atoms with van der Waals surface area (Å²) in [5.41, 5.74) is 7.28. The lowest BCUT2D eigenvalue weighted by Gasteiger charge is -2.10. The first-order valence-corrected chi connectivity index (χ1v) is 5.57. The normalized spacial score (nSPS) is 10.4. The van der Waals surface area contributed by atoms with Crippen LogP contribution >= 0.6 is 15.9 Å². The molecule has 0 unspecified atom stereocenters. The van der Waals surface area contributed by atoms with Crippen molar-refractivity contribution in [3.63, 3.8) is 0 Å². The van der Waals surface area contributed by atoms with Crippen LogP contribution in [0, 0.1) is 0 Å². The third-order valence-electron chi connectivity index (χ3n) is 2.27. The van der Waals surface area contributed by atoms with Crippen LogP contribution in [0.25, 0.3) is 0 Å². The summed E-state index contributed by atoms with van der Waals surface area (Å²) in [6.45, 7) is 0.621. The molecule has 5 nitrogen and oxygen atoms in total. The molecule has 2 aromatic heterocycles. The minimum atomic E-state index is 0.614. The Bertz CT molecular complexity index is 473. The van der Waals surface area contributed by atoms with E-state index in [-0.39, 0.29) is 0 Å².